The molecule has 1 aromatic heterocycles. The average Bonchev–Trinajstić information content (AvgIpc) is 3.13. The van der Waals surface area contributed by atoms with Gasteiger partial charge in [0.2, 0.25) is 0 Å². The predicted molar refractivity (Wildman–Crippen MR) is 132 cm³/mol. The number of ether oxygens (including phenoxy) is 4. The van der Waals surface area contributed by atoms with Gasteiger partial charge in [-0.05, 0) is 6.92 Å². The van der Waals surface area contributed by atoms with E-state index < -0.39 is 41.7 Å². The van der Waals surface area contributed by atoms with Gasteiger partial charge in [-0.1, -0.05) is 65.9 Å². The summed E-state index contributed by atoms with van der Waals surface area (Å²) in [6.07, 6.45) is -2.74. The second-order valence-electron chi connectivity index (χ2n) is 8.38. The maximum Gasteiger partial charge on any atom is 0.303 e. The number of benzene rings is 2. The van der Waals surface area contributed by atoms with Gasteiger partial charge >= 0.3 is 17.9 Å². The van der Waals surface area contributed by atoms with Gasteiger partial charge in [-0.2, -0.15) is 0 Å². The normalized spacial score (nSPS) is 21.2. The minimum atomic E-state index is -0.964. The Morgan fingerprint density at radius 2 is 1.50 bits per heavy atom. The Labute approximate surface area is 212 Å². The van der Waals surface area contributed by atoms with E-state index in [1.54, 1.807) is 0 Å². The molecule has 2 heterocycles. The number of rotatable bonds is 7. The summed E-state index contributed by atoms with van der Waals surface area (Å²) in [6.45, 7) is 5.63. The lowest BCUT2D eigenvalue weighted by atomic mass is 10.0. The monoisotopic (exact) mass is 510 g/mol. The Morgan fingerprint density at radius 1 is 0.861 bits per heavy atom. The van der Waals surface area contributed by atoms with Crippen molar-refractivity contribution in [3.63, 3.8) is 0 Å². The van der Waals surface area contributed by atoms with Gasteiger partial charge in [-0.25, -0.2) is 0 Å². The van der Waals surface area contributed by atoms with Gasteiger partial charge in [0, 0.05) is 37.1 Å². The zero-order chi connectivity index (χ0) is 25.8. The summed E-state index contributed by atoms with van der Waals surface area (Å²) < 4.78 is 22.1. The van der Waals surface area contributed by atoms with E-state index in [4.69, 9.17) is 18.9 Å². The third-order valence-electron chi connectivity index (χ3n) is 5.53. The zero-order valence-corrected chi connectivity index (χ0v) is 21.1. The minimum absolute atomic E-state index is 0.166. The van der Waals surface area contributed by atoms with Crippen LogP contribution in [0.5, 0.6) is 0 Å². The van der Waals surface area contributed by atoms with Gasteiger partial charge in [0.1, 0.15) is 23.4 Å². The van der Waals surface area contributed by atoms with E-state index in [0.717, 1.165) is 27.6 Å². The van der Waals surface area contributed by atoms with Gasteiger partial charge in [0.05, 0.1) is 0 Å². The van der Waals surface area contributed by atoms with Crippen LogP contribution in [0, 0.1) is 6.92 Å². The first-order chi connectivity index (χ1) is 17.2. The molecule has 2 aromatic carbocycles. The predicted octanol–water partition coefficient (Wildman–Crippen LogP) is 3.85. The van der Waals surface area contributed by atoms with Gasteiger partial charge < -0.3 is 18.9 Å². The highest BCUT2D eigenvalue weighted by Gasteiger charge is 2.50. The quantitative estimate of drug-likeness (QED) is 0.343. The average molecular weight is 511 g/mol. The molecule has 0 aliphatic carbocycles. The molecule has 9 nitrogen and oxygen atoms in total. The second kappa shape index (κ2) is 11.0. The first-order valence-corrected chi connectivity index (χ1v) is 12.2. The molecule has 188 valence electrons. The summed E-state index contributed by atoms with van der Waals surface area (Å²) in [5.74, 6) is -1.65. The van der Waals surface area contributed by atoms with Crippen molar-refractivity contribution in [1.82, 2.24) is 10.2 Å². The fourth-order valence-corrected chi connectivity index (χ4v) is 5.13. The van der Waals surface area contributed by atoms with Crippen molar-refractivity contribution in [3.05, 3.63) is 54.1 Å². The molecule has 1 aliphatic heterocycles. The number of fused-ring (bicyclic) bond motifs is 1. The van der Waals surface area contributed by atoms with E-state index in [0.29, 0.717) is 5.03 Å². The Morgan fingerprint density at radius 3 is 2.14 bits per heavy atom. The van der Waals surface area contributed by atoms with E-state index in [1.165, 1.54) is 32.5 Å². The molecule has 1 aliphatic rings. The molecule has 1 fully saturated rings. The molecule has 0 spiro atoms. The fraction of sp³-hybridized carbons (Fsp3) is 0.346. The van der Waals surface area contributed by atoms with Crippen LogP contribution in [0.4, 0.5) is 0 Å². The SMILES string of the molecule is CC(=O)OC[C@H]1O[C@@H](Sc2nnc(-c3ccc(C)cc3)c3ccccc23)[C@H](OC(C)=O)[C@@H]1OC(C)=O. The van der Waals surface area contributed by atoms with E-state index >= 15 is 0 Å². The van der Waals surface area contributed by atoms with Crippen LogP contribution in [0.15, 0.2) is 53.6 Å². The molecule has 0 N–H and O–H groups in total. The number of hydrogen-bond acceptors (Lipinski definition) is 10. The molecule has 0 saturated carbocycles. The fourth-order valence-electron chi connectivity index (χ4n) is 3.97. The molecular formula is C26H26N2O7S. The molecule has 0 unspecified atom stereocenters. The van der Waals surface area contributed by atoms with Crippen LogP contribution in [0.25, 0.3) is 22.0 Å². The topological polar surface area (TPSA) is 114 Å². The number of aromatic nitrogens is 2. The lowest BCUT2D eigenvalue weighted by molar-refractivity contribution is -0.165. The first kappa shape index (κ1) is 25.6. The standard InChI is InChI=1S/C26H26N2O7S/c1-14-9-11-18(12-10-14)22-19-7-5-6-8-20(19)25(28-27-22)36-26-24(34-17(4)31)23(33-16(3)30)21(35-26)13-32-15(2)29/h5-12,21,23-24,26H,13H2,1-4H3/t21-,23-,24-,26+/m1/s1. The van der Waals surface area contributed by atoms with Crippen molar-refractivity contribution in [2.75, 3.05) is 6.61 Å². The first-order valence-electron chi connectivity index (χ1n) is 11.4. The number of nitrogens with zero attached hydrogens (tertiary/aromatic N) is 2. The van der Waals surface area contributed by atoms with Crippen LogP contribution >= 0.6 is 11.8 Å². The maximum absolute atomic E-state index is 11.9. The lowest BCUT2D eigenvalue weighted by Gasteiger charge is -2.23. The summed E-state index contributed by atoms with van der Waals surface area (Å²) in [6, 6.07) is 15.8. The van der Waals surface area contributed by atoms with Crippen LogP contribution in [0.1, 0.15) is 26.3 Å². The highest BCUT2D eigenvalue weighted by molar-refractivity contribution is 8.00. The molecule has 0 amide bonds. The van der Waals surface area contributed by atoms with E-state index in [-0.39, 0.29) is 6.61 Å². The van der Waals surface area contributed by atoms with Gasteiger partial charge in [-0.3, -0.25) is 14.4 Å². The van der Waals surface area contributed by atoms with Crippen molar-refractivity contribution in [3.8, 4) is 11.3 Å². The van der Waals surface area contributed by atoms with E-state index in [2.05, 4.69) is 10.2 Å². The number of esters is 3. The number of hydrogen-bond donors (Lipinski definition) is 0. The molecule has 36 heavy (non-hydrogen) atoms. The summed E-state index contributed by atoms with van der Waals surface area (Å²) in [5.41, 5.74) is 2.03. The van der Waals surface area contributed by atoms with Crippen molar-refractivity contribution in [2.24, 2.45) is 0 Å². The molecule has 1 saturated heterocycles. The Hall–Kier alpha value is -3.50. The number of thioether (sulfide) groups is 1. The van der Waals surface area contributed by atoms with Crippen LogP contribution in [0.3, 0.4) is 0 Å². The minimum Gasteiger partial charge on any atom is -0.463 e. The van der Waals surface area contributed by atoms with Crippen LogP contribution in [-0.4, -0.2) is 58.5 Å². The van der Waals surface area contributed by atoms with Crippen LogP contribution in [-0.2, 0) is 33.3 Å². The van der Waals surface area contributed by atoms with Gasteiger partial charge in [0.25, 0.3) is 0 Å². The molecule has 0 bridgehead atoms. The van der Waals surface area contributed by atoms with Crippen molar-refractivity contribution >= 4 is 40.4 Å². The van der Waals surface area contributed by atoms with Crippen LogP contribution in [0.2, 0.25) is 0 Å². The highest BCUT2D eigenvalue weighted by Crippen LogP contribution is 2.40. The Kier molecular flexibility index (Phi) is 7.85. The van der Waals surface area contributed by atoms with E-state index in [9.17, 15) is 14.4 Å². The summed E-state index contributed by atoms with van der Waals surface area (Å²) >= 11 is 1.20. The summed E-state index contributed by atoms with van der Waals surface area (Å²) in [5, 5.41) is 11.2. The smallest absolute Gasteiger partial charge is 0.303 e. The lowest BCUT2D eigenvalue weighted by Crippen LogP contribution is -2.40. The Bertz CT molecular complexity index is 1280. The van der Waals surface area contributed by atoms with Crippen molar-refractivity contribution in [1.29, 1.82) is 0 Å². The molecule has 4 rings (SSSR count). The third-order valence-corrected chi connectivity index (χ3v) is 6.67. The zero-order valence-electron chi connectivity index (χ0n) is 20.3. The molecule has 10 heteroatoms. The molecule has 3 aromatic rings. The number of carbonyl (C=O) groups excluding carboxylic acids is 3. The van der Waals surface area contributed by atoms with Gasteiger partial charge in [0.15, 0.2) is 17.6 Å². The van der Waals surface area contributed by atoms with Crippen LogP contribution < -0.4 is 0 Å². The number of carbonyl (C=O) groups is 3. The highest BCUT2D eigenvalue weighted by atomic mass is 32.2. The van der Waals surface area contributed by atoms with Gasteiger partial charge in [-0.15, -0.1) is 10.2 Å². The van der Waals surface area contributed by atoms with Crippen molar-refractivity contribution < 1.29 is 33.3 Å². The van der Waals surface area contributed by atoms with E-state index in [1.807, 2.05) is 55.5 Å². The Balaban J connectivity index is 1.69. The summed E-state index contributed by atoms with van der Waals surface area (Å²) in [4.78, 5) is 35.1. The summed E-state index contributed by atoms with van der Waals surface area (Å²) in [7, 11) is 0. The molecule has 4 atom stereocenters. The third kappa shape index (κ3) is 5.83. The second-order valence-corrected chi connectivity index (χ2v) is 9.46. The maximum atomic E-state index is 11.9. The number of aryl methyl sites for hydroxylation is 1. The molecule has 0 radical (unpaired) electrons. The van der Waals surface area contributed by atoms with Crippen molar-refractivity contribution in [2.45, 2.75) is 56.5 Å². The molecular weight excluding hydrogens is 484 g/mol. The largest absolute Gasteiger partial charge is 0.463 e.